The van der Waals surface area contributed by atoms with Crippen LogP contribution in [0, 0.1) is 5.92 Å². The average molecular weight is 280 g/mol. The molecule has 2 atom stereocenters. The van der Waals surface area contributed by atoms with Crippen molar-refractivity contribution in [1.29, 1.82) is 0 Å². The topological polar surface area (TPSA) is 15.3 Å². The first-order valence-corrected chi connectivity index (χ1v) is 8.56. The molecule has 108 valence electrons. The second-order valence-corrected chi connectivity index (χ2v) is 7.22. The van der Waals surface area contributed by atoms with E-state index in [-0.39, 0.29) is 0 Å². The summed E-state index contributed by atoms with van der Waals surface area (Å²) in [4.78, 5) is 4.22. The van der Waals surface area contributed by atoms with Crippen LogP contribution >= 0.6 is 11.3 Å². The summed E-state index contributed by atoms with van der Waals surface area (Å²) in [5.74, 6) is 0.778. The number of nitrogens with zero attached hydrogens (tertiary/aromatic N) is 1. The molecule has 2 unspecified atom stereocenters. The lowest BCUT2D eigenvalue weighted by atomic mass is 9.97. The van der Waals surface area contributed by atoms with E-state index >= 15 is 0 Å². The standard InChI is InChI=1S/C16H28N2S/c1-4-6-14-11-18(12-16-7-5-8-19-16)15(10-17-14)9-13(2)3/h5,7-8,13-15,17H,4,6,9-12H2,1-3H3. The zero-order valence-electron chi connectivity index (χ0n) is 12.6. The molecule has 1 saturated heterocycles. The van der Waals surface area contributed by atoms with E-state index in [2.05, 4.69) is 48.5 Å². The van der Waals surface area contributed by atoms with Gasteiger partial charge in [-0.15, -0.1) is 11.3 Å². The summed E-state index contributed by atoms with van der Waals surface area (Å²) in [6.45, 7) is 10.5. The molecule has 1 aromatic rings. The van der Waals surface area contributed by atoms with Gasteiger partial charge in [0.05, 0.1) is 0 Å². The Morgan fingerprint density at radius 1 is 1.47 bits per heavy atom. The fourth-order valence-electron chi connectivity index (χ4n) is 3.04. The molecule has 19 heavy (non-hydrogen) atoms. The number of hydrogen-bond acceptors (Lipinski definition) is 3. The van der Waals surface area contributed by atoms with Crippen molar-refractivity contribution in [1.82, 2.24) is 10.2 Å². The molecular weight excluding hydrogens is 252 g/mol. The Kier molecular flexibility index (Phi) is 5.86. The molecule has 0 radical (unpaired) electrons. The normalized spacial score (nSPS) is 25.1. The van der Waals surface area contributed by atoms with Gasteiger partial charge >= 0.3 is 0 Å². The number of hydrogen-bond donors (Lipinski definition) is 1. The van der Waals surface area contributed by atoms with Gasteiger partial charge in [0.1, 0.15) is 0 Å². The SMILES string of the molecule is CCCC1CN(Cc2cccs2)C(CC(C)C)CN1. The maximum Gasteiger partial charge on any atom is 0.0332 e. The molecule has 3 heteroatoms. The summed E-state index contributed by atoms with van der Waals surface area (Å²) in [5, 5.41) is 5.94. The Balaban J connectivity index is 1.97. The minimum absolute atomic E-state index is 0.688. The number of rotatable bonds is 6. The summed E-state index contributed by atoms with van der Waals surface area (Å²) in [6.07, 6.45) is 3.88. The van der Waals surface area contributed by atoms with E-state index in [1.54, 1.807) is 0 Å². The Labute approximate surface area is 122 Å². The molecule has 0 bridgehead atoms. The summed E-state index contributed by atoms with van der Waals surface area (Å²) >= 11 is 1.89. The van der Waals surface area contributed by atoms with Crippen LogP contribution in [0.2, 0.25) is 0 Å². The molecule has 1 aromatic heterocycles. The monoisotopic (exact) mass is 280 g/mol. The van der Waals surface area contributed by atoms with Crippen molar-refractivity contribution in [3.8, 4) is 0 Å². The molecule has 0 spiro atoms. The van der Waals surface area contributed by atoms with Crippen LogP contribution in [0.4, 0.5) is 0 Å². The Bertz CT molecular complexity index is 348. The Morgan fingerprint density at radius 2 is 2.32 bits per heavy atom. The van der Waals surface area contributed by atoms with Crippen molar-refractivity contribution in [2.45, 2.75) is 58.7 Å². The Hall–Kier alpha value is -0.380. The molecule has 0 aliphatic carbocycles. The predicted molar refractivity (Wildman–Crippen MR) is 84.7 cm³/mol. The van der Waals surface area contributed by atoms with Gasteiger partial charge in [0.25, 0.3) is 0 Å². The smallest absolute Gasteiger partial charge is 0.0332 e. The molecule has 0 amide bonds. The third kappa shape index (κ3) is 4.59. The van der Waals surface area contributed by atoms with Crippen molar-refractivity contribution in [3.05, 3.63) is 22.4 Å². The second kappa shape index (κ2) is 7.41. The first-order valence-electron chi connectivity index (χ1n) is 7.68. The average Bonchev–Trinajstić information content (AvgIpc) is 2.85. The van der Waals surface area contributed by atoms with E-state index < -0.39 is 0 Å². The summed E-state index contributed by atoms with van der Waals surface area (Å²) in [7, 11) is 0. The molecule has 2 heterocycles. The largest absolute Gasteiger partial charge is 0.311 e. The fourth-order valence-corrected chi connectivity index (χ4v) is 3.77. The quantitative estimate of drug-likeness (QED) is 0.854. The van der Waals surface area contributed by atoms with E-state index in [0.717, 1.165) is 19.0 Å². The number of thiophene rings is 1. The van der Waals surface area contributed by atoms with Gasteiger partial charge in [-0.05, 0) is 30.2 Å². The lowest BCUT2D eigenvalue weighted by Crippen LogP contribution is -2.56. The minimum Gasteiger partial charge on any atom is -0.311 e. The van der Waals surface area contributed by atoms with E-state index in [9.17, 15) is 0 Å². The van der Waals surface area contributed by atoms with Gasteiger partial charge in [0.15, 0.2) is 0 Å². The molecular formula is C16H28N2S. The van der Waals surface area contributed by atoms with E-state index in [0.29, 0.717) is 12.1 Å². The zero-order valence-corrected chi connectivity index (χ0v) is 13.4. The highest BCUT2D eigenvalue weighted by atomic mass is 32.1. The highest BCUT2D eigenvalue weighted by Gasteiger charge is 2.27. The maximum absolute atomic E-state index is 3.75. The summed E-state index contributed by atoms with van der Waals surface area (Å²) < 4.78 is 0. The molecule has 0 aromatic carbocycles. The van der Waals surface area contributed by atoms with Crippen molar-refractivity contribution < 1.29 is 0 Å². The summed E-state index contributed by atoms with van der Waals surface area (Å²) in [6, 6.07) is 5.83. The van der Waals surface area contributed by atoms with Crippen LogP contribution in [0.5, 0.6) is 0 Å². The highest BCUT2D eigenvalue weighted by Crippen LogP contribution is 2.21. The van der Waals surface area contributed by atoms with Crippen LogP contribution < -0.4 is 5.32 Å². The molecule has 1 aliphatic rings. The third-order valence-electron chi connectivity index (χ3n) is 3.93. The van der Waals surface area contributed by atoms with Crippen molar-refractivity contribution in [2.24, 2.45) is 5.92 Å². The first-order chi connectivity index (χ1) is 9.19. The van der Waals surface area contributed by atoms with Crippen molar-refractivity contribution in [3.63, 3.8) is 0 Å². The van der Waals surface area contributed by atoms with Crippen LogP contribution in [0.15, 0.2) is 17.5 Å². The molecule has 0 saturated carbocycles. The van der Waals surface area contributed by atoms with Gasteiger partial charge in [-0.1, -0.05) is 33.3 Å². The van der Waals surface area contributed by atoms with Crippen LogP contribution in [-0.4, -0.2) is 30.1 Å². The third-order valence-corrected chi connectivity index (χ3v) is 4.79. The summed E-state index contributed by atoms with van der Waals surface area (Å²) in [5.41, 5.74) is 0. The minimum atomic E-state index is 0.688. The molecule has 2 rings (SSSR count). The van der Waals surface area contributed by atoms with Crippen molar-refractivity contribution in [2.75, 3.05) is 13.1 Å². The first kappa shape index (κ1) is 15.0. The lowest BCUT2D eigenvalue weighted by molar-refractivity contribution is 0.105. The Morgan fingerprint density at radius 3 is 2.95 bits per heavy atom. The second-order valence-electron chi connectivity index (χ2n) is 6.19. The van der Waals surface area contributed by atoms with Crippen LogP contribution in [0.25, 0.3) is 0 Å². The predicted octanol–water partition coefficient (Wildman–Crippen LogP) is 3.74. The van der Waals surface area contributed by atoms with Gasteiger partial charge in [-0.3, -0.25) is 4.90 Å². The van der Waals surface area contributed by atoms with Gasteiger partial charge < -0.3 is 5.32 Å². The van der Waals surface area contributed by atoms with Crippen LogP contribution in [0.1, 0.15) is 44.9 Å². The highest BCUT2D eigenvalue weighted by molar-refractivity contribution is 7.09. The number of nitrogens with one attached hydrogen (secondary N) is 1. The van der Waals surface area contributed by atoms with E-state index in [1.165, 1.54) is 30.7 Å². The lowest BCUT2D eigenvalue weighted by Gasteiger charge is -2.41. The van der Waals surface area contributed by atoms with E-state index in [4.69, 9.17) is 0 Å². The van der Waals surface area contributed by atoms with E-state index in [1.807, 2.05) is 11.3 Å². The fraction of sp³-hybridized carbons (Fsp3) is 0.750. The van der Waals surface area contributed by atoms with Gasteiger partial charge in [0, 0.05) is 36.6 Å². The van der Waals surface area contributed by atoms with Crippen LogP contribution in [0.3, 0.4) is 0 Å². The molecule has 1 aliphatic heterocycles. The molecule has 2 nitrogen and oxygen atoms in total. The van der Waals surface area contributed by atoms with Crippen LogP contribution in [-0.2, 0) is 6.54 Å². The molecule has 1 fully saturated rings. The zero-order chi connectivity index (χ0) is 13.7. The van der Waals surface area contributed by atoms with Gasteiger partial charge in [-0.2, -0.15) is 0 Å². The molecule has 1 N–H and O–H groups in total. The van der Waals surface area contributed by atoms with Crippen molar-refractivity contribution >= 4 is 11.3 Å². The maximum atomic E-state index is 3.75. The van der Waals surface area contributed by atoms with Gasteiger partial charge in [0.2, 0.25) is 0 Å². The number of piperazine rings is 1. The van der Waals surface area contributed by atoms with Gasteiger partial charge in [-0.25, -0.2) is 0 Å².